The van der Waals surface area contributed by atoms with Gasteiger partial charge in [0, 0.05) is 6.61 Å². The maximum Gasteiger partial charge on any atom is 0.0508 e. The molecule has 8 heavy (non-hydrogen) atoms. The van der Waals surface area contributed by atoms with Gasteiger partial charge in [0.25, 0.3) is 0 Å². The Morgan fingerprint density at radius 1 is 1.50 bits per heavy atom. The Kier molecular flexibility index (Phi) is 7.09. The van der Waals surface area contributed by atoms with Crippen LogP contribution in [0.3, 0.4) is 0 Å². The van der Waals surface area contributed by atoms with Crippen LogP contribution in [0.4, 0.5) is 0 Å². The van der Waals surface area contributed by atoms with E-state index in [4.69, 9.17) is 4.74 Å². The molecule has 0 aromatic carbocycles. The van der Waals surface area contributed by atoms with E-state index in [1.165, 1.54) is 0 Å². The van der Waals surface area contributed by atoms with E-state index in [0.717, 1.165) is 26.1 Å². The Morgan fingerprint density at radius 3 is 2.75 bits per heavy atom. The summed E-state index contributed by atoms with van der Waals surface area (Å²) in [7, 11) is 0. The lowest BCUT2D eigenvalue weighted by Gasteiger charge is -1.95. The second kappa shape index (κ2) is 7.05. The highest BCUT2D eigenvalue weighted by molar-refractivity contribution is 7.78. The highest BCUT2D eigenvalue weighted by Gasteiger charge is 1.80. The van der Waals surface area contributed by atoms with E-state index in [2.05, 4.69) is 19.1 Å². The quantitative estimate of drug-likeness (QED) is 0.414. The summed E-state index contributed by atoms with van der Waals surface area (Å²) < 4.78 is 5.06. The van der Waals surface area contributed by atoms with Crippen LogP contribution in [0.5, 0.6) is 0 Å². The minimum atomic E-state index is 0.749. The molecule has 0 fully saturated rings. The van der Waals surface area contributed by atoms with Crippen LogP contribution in [0.15, 0.2) is 0 Å². The minimum Gasteiger partial charge on any atom is -0.381 e. The summed E-state index contributed by atoms with van der Waals surface area (Å²) in [5.74, 6) is 0. The SMILES string of the molecule is [CH2]CCOCCC=S. The van der Waals surface area contributed by atoms with Crippen molar-refractivity contribution in [3.63, 3.8) is 0 Å². The first kappa shape index (κ1) is 8.05. The van der Waals surface area contributed by atoms with Gasteiger partial charge < -0.3 is 4.74 Å². The van der Waals surface area contributed by atoms with Crippen LogP contribution in [0.2, 0.25) is 0 Å². The van der Waals surface area contributed by atoms with E-state index in [1.807, 2.05) is 0 Å². The maximum atomic E-state index is 5.06. The van der Waals surface area contributed by atoms with Gasteiger partial charge in [-0.3, -0.25) is 0 Å². The molecule has 0 saturated heterocycles. The maximum absolute atomic E-state index is 5.06. The summed E-state index contributed by atoms with van der Waals surface area (Å²) in [5.41, 5.74) is 0. The zero-order valence-corrected chi connectivity index (χ0v) is 5.75. The summed E-state index contributed by atoms with van der Waals surface area (Å²) >= 11 is 4.58. The molecule has 0 saturated carbocycles. The van der Waals surface area contributed by atoms with Crippen molar-refractivity contribution in [3.05, 3.63) is 6.92 Å². The number of hydrogen-bond acceptors (Lipinski definition) is 2. The number of thiocarbonyl (C=S) groups is 1. The molecule has 2 heteroatoms. The molecule has 0 N–H and O–H groups in total. The number of rotatable bonds is 5. The molecule has 0 heterocycles. The predicted molar refractivity (Wildman–Crippen MR) is 39.1 cm³/mol. The summed E-state index contributed by atoms with van der Waals surface area (Å²) in [6, 6.07) is 0. The molecule has 47 valence electrons. The minimum absolute atomic E-state index is 0.749. The Bertz CT molecular complexity index is 54.5. The molecule has 0 amide bonds. The molecule has 0 atom stereocenters. The molecule has 0 aromatic heterocycles. The van der Waals surface area contributed by atoms with E-state index in [-0.39, 0.29) is 0 Å². The Hall–Kier alpha value is 0.0500. The topological polar surface area (TPSA) is 9.23 Å². The average Bonchev–Trinajstić information content (AvgIpc) is 1.81. The average molecular weight is 131 g/mol. The highest BCUT2D eigenvalue weighted by atomic mass is 32.1. The van der Waals surface area contributed by atoms with Crippen LogP contribution in [0.1, 0.15) is 12.8 Å². The van der Waals surface area contributed by atoms with Crippen molar-refractivity contribution in [2.45, 2.75) is 12.8 Å². The van der Waals surface area contributed by atoms with Crippen molar-refractivity contribution in [2.75, 3.05) is 13.2 Å². The van der Waals surface area contributed by atoms with E-state index >= 15 is 0 Å². The van der Waals surface area contributed by atoms with Gasteiger partial charge in [-0.25, -0.2) is 0 Å². The van der Waals surface area contributed by atoms with E-state index in [9.17, 15) is 0 Å². The molecule has 0 aliphatic heterocycles. The second-order valence-electron chi connectivity index (χ2n) is 1.42. The fourth-order valence-electron chi connectivity index (χ4n) is 0.336. The van der Waals surface area contributed by atoms with Gasteiger partial charge in [0.05, 0.1) is 6.61 Å². The smallest absolute Gasteiger partial charge is 0.0508 e. The zero-order valence-electron chi connectivity index (χ0n) is 4.93. The van der Waals surface area contributed by atoms with Crippen molar-refractivity contribution < 1.29 is 4.74 Å². The molecule has 0 aromatic rings. The standard InChI is InChI=1S/C6H11OS/c1-2-4-7-5-3-6-8/h6H,1-5H2. The van der Waals surface area contributed by atoms with Gasteiger partial charge >= 0.3 is 0 Å². The number of hydrogen-bond donors (Lipinski definition) is 0. The Labute approximate surface area is 56.0 Å². The summed E-state index contributed by atoms with van der Waals surface area (Å²) in [6.45, 7) is 5.12. The van der Waals surface area contributed by atoms with Gasteiger partial charge in [0.15, 0.2) is 0 Å². The van der Waals surface area contributed by atoms with Crippen LogP contribution in [0, 0.1) is 6.92 Å². The third-order valence-electron chi connectivity index (χ3n) is 0.669. The number of ether oxygens (including phenoxy) is 1. The summed E-state index contributed by atoms with van der Waals surface area (Å²) in [4.78, 5) is 0. The molecule has 0 unspecified atom stereocenters. The van der Waals surface area contributed by atoms with Crippen molar-refractivity contribution in [2.24, 2.45) is 0 Å². The van der Waals surface area contributed by atoms with Crippen molar-refractivity contribution in [1.82, 2.24) is 0 Å². The van der Waals surface area contributed by atoms with E-state index < -0.39 is 0 Å². The van der Waals surface area contributed by atoms with Gasteiger partial charge in [-0.15, -0.1) is 0 Å². The molecule has 0 rings (SSSR count). The monoisotopic (exact) mass is 131 g/mol. The van der Waals surface area contributed by atoms with Gasteiger partial charge in [-0.05, 0) is 18.2 Å². The first-order valence-corrected chi connectivity index (χ1v) is 3.19. The highest BCUT2D eigenvalue weighted by Crippen LogP contribution is 1.81. The zero-order chi connectivity index (χ0) is 6.24. The third-order valence-corrected chi connectivity index (χ3v) is 0.904. The second-order valence-corrected chi connectivity index (χ2v) is 1.75. The van der Waals surface area contributed by atoms with Crippen LogP contribution >= 0.6 is 12.2 Å². The molecule has 0 bridgehead atoms. The molecule has 0 spiro atoms. The molecule has 0 aliphatic rings. The Balaban J connectivity index is 2.62. The van der Waals surface area contributed by atoms with Crippen molar-refractivity contribution in [1.29, 1.82) is 0 Å². The fraction of sp³-hybridized carbons (Fsp3) is 0.667. The van der Waals surface area contributed by atoms with Crippen molar-refractivity contribution >= 4 is 17.6 Å². The molecular formula is C6H11OS. The van der Waals surface area contributed by atoms with Crippen molar-refractivity contribution in [3.8, 4) is 0 Å². The largest absolute Gasteiger partial charge is 0.381 e. The van der Waals surface area contributed by atoms with Gasteiger partial charge in [0.1, 0.15) is 0 Å². The van der Waals surface area contributed by atoms with Crippen LogP contribution < -0.4 is 0 Å². The lowest BCUT2D eigenvalue weighted by Crippen LogP contribution is -1.94. The van der Waals surface area contributed by atoms with Crippen LogP contribution in [-0.2, 0) is 4.74 Å². The molecular weight excluding hydrogens is 120 g/mol. The van der Waals surface area contributed by atoms with E-state index in [1.54, 1.807) is 5.37 Å². The van der Waals surface area contributed by atoms with Gasteiger partial charge in [-0.2, -0.15) is 0 Å². The predicted octanol–water partition coefficient (Wildman–Crippen LogP) is 1.62. The lowest BCUT2D eigenvalue weighted by atomic mass is 10.5. The molecule has 1 radical (unpaired) electrons. The lowest BCUT2D eigenvalue weighted by molar-refractivity contribution is 0.146. The third kappa shape index (κ3) is 6.05. The van der Waals surface area contributed by atoms with Gasteiger partial charge in [0.2, 0.25) is 0 Å². The molecule has 0 aliphatic carbocycles. The van der Waals surface area contributed by atoms with E-state index in [0.29, 0.717) is 0 Å². The summed E-state index contributed by atoms with van der Waals surface area (Å²) in [5, 5.41) is 1.68. The summed E-state index contributed by atoms with van der Waals surface area (Å²) in [6.07, 6.45) is 1.72. The first-order chi connectivity index (χ1) is 3.91. The van der Waals surface area contributed by atoms with Gasteiger partial charge in [-0.1, -0.05) is 19.1 Å². The fourth-order valence-corrected chi connectivity index (χ4v) is 0.432. The first-order valence-electron chi connectivity index (χ1n) is 2.72. The Morgan fingerprint density at radius 2 is 2.25 bits per heavy atom. The molecule has 1 nitrogen and oxygen atoms in total. The van der Waals surface area contributed by atoms with Crippen LogP contribution in [0.25, 0.3) is 0 Å². The normalized spacial score (nSPS) is 9.12. The van der Waals surface area contributed by atoms with Crippen LogP contribution in [-0.4, -0.2) is 18.6 Å².